The number of hydrogen-bond donors (Lipinski definition) is 0. The van der Waals surface area contributed by atoms with Crippen LogP contribution >= 0.6 is 11.8 Å². The third-order valence-corrected chi connectivity index (χ3v) is 5.35. The number of hydrogen-bond acceptors (Lipinski definition) is 4. The van der Waals surface area contributed by atoms with Gasteiger partial charge in [0.05, 0.1) is 11.9 Å². The number of thioether (sulfide) groups is 1. The average molecular weight is 327 g/mol. The van der Waals surface area contributed by atoms with Gasteiger partial charge in [-0.05, 0) is 38.8 Å². The molecular weight excluding hydrogens is 306 g/mol. The van der Waals surface area contributed by atoms with E-state index < -0.39 is 0 Å². The molecule has 1 saturated heterocycles. The fraction of sp³-hybridized carbons (Fsp3) is 0.389. The minimum absolute atomic E-state index is 0.00324. The van der Waals surface area contributed by atoms with Gasteiger partial charge in [0.15, 0.2) is 0 Å². The molecule has 5 heteroatoms. The van der Waals surface area contributed by atoms with Crippen LogP contribution in [0, 0.1) is 13.8 Å². The van der Waals surface area contributed by atoms with Crippen LogP contribution in [0.1, 0.15) is 34.6 Å². The van der Waals surface area contributed by atoms with E-state index in [0.717, 1.165) is 31.6 Å². The quantitative estimate of drug-likeness (QED) is 0.866. The number of likely N-dealkylation sites (tertiary alicyclic amines) is 1. The van der Waals surface area contributed by atoms with Crippen molar-refractivity contribution in [2.24, 2.45) is 0 Å². The topological polar surface area (TPSA) is 46.1 Å². The van der Waals surface area contributed by atoms with Gasteiger partial charge in [-0.15, -0.1) is 11.8 Å². The molecule has 0 unspecified atom stereocenters. The summed E-state index contributed by atoms with van der Waals surface area (Å²) < 4.78 is 0. The Balaban J connectivity index is 1.55. The summed E-state index contributed by atoms with van der Waals surface area (Å²) in [6.45, 7) is 5.57. The summed E-state index contributed by atoms with van der Waals surface area (Å²) >= 11 is 1.92. The van der Waals surface area contributed by atoms with Crippen LogP contribution in [0.4, 0.5) is 0 Å². The van der Waals surface area contributed by atoms with E-state index >= 15 is 0 Å². The number of piperidine rings is 1. The first-order chi connectivity index (χ1) is 11.1. The second-order valence-electron chi connectivity index (χ2n) is 5.97. The molecule has 1 fully saturated rings. The molecule has 0 radical (unpaired) electrons. The molecule has 3 rings (SSSR count). The van der Waals surface area contributed by atoms with Crippen molar-refractivity contribution < 1.29 is 4.79 Å². The summed E-state index contributed by atoms with van der Waals surface area (Å²) in [4.78, 5) is 24.0. The van der Waals surface area contributed by atoms with Gasteiger partial charge in [-0.2, -0.15) is 0 Å². The molecule has 1 amide bonds. The van der Waals surface area contributed by atoms with Crippen molar-refractivity contribution in [1.82, 2.24) is 14.9 Å². The Kier molecular flexibility index (Phi) is 4.96. The lowest BCUT2D eigenvalue weighted by Gasteiger charge is -2.31. The van der Waals surface area contributed by atoms with E-state index in [2.05, 4.69) is 41.2 Å². The highest BCUT2D eigenvalue weighted by molar-refractivity contribution is 8.00. The van der Waals surface area contributed by atoms with Crippen molar-refractivity contribution in [1.29, 1.82) is 0 Å². The highest BCUT2D eigenvalue weighted by atomic mass is 32.2. The van der Waals surface area contributed by atoms with Gasteiger partial charge in [-0.25, -0.2) is 4.98 Å². The fourth-order valence-electron chi connectivity index (χ4n) is 2.72. The second-order valence-corrected chi connectivity index (χ2v) is 7.34. The van der Waals surface area contributed by atoms with Gasteiger partial charge in [0, 0.05) is 29.4 Å². The minimum atomic E-state index is -0.00324. The smallest absolute Gasteiger partial charge is 0.274 e. The van der Waals surface area contributed by atoms with Crippen LogP contribution in [0.3, 0.4) is 0 Å². The molecule has 0 spiro atoms. The lowest BCUT2D eigenvalue weighted by molar-refractivity contribution is 0.0721. The van der Waals surface area contributed by atoms with Crippen molar-refractivity contribution in [3.63, 3.8) is 0 Å². The third kappa shape index (κ3) is 4.10. The molecule has 2 heterocycles. The van der Waals surface area contributed by atoms with Gasteiger partial charge < -0.3 is 4.90 Å². The van der Waals surface area contributed by atoms with E-state index in [0.29, 0.717) is 10.9 Å². The van der Waals surface area contributed by atoms with Crippen LogP contribution in [-0.4, -0.2) is 39.1 Å². The van der Waals surface area contributed by atoms with Crippen LogP contribution in [0.5, 0.6) is 0 Å². The molecule has 2 aromatic rings. The van der Waals surface area contributed by atoms with Crippen LogP contribution in [0.2, 0.25) is 0 Å². The van der Waals surface area contributed by atoms with E-state index in [1.165, 1.54) is 10.5 Å². The third-order valence-electron chi connectivity index (χ3n) is 4.02. The molecule has 1 aromatic heterocycles. The molecule has 4 nitrogen and oxygen atoms in total. The lowest BCUT2D eigenvalue weighted by Crippen LogP contribution is -2.39. The van der Waals surface area contributed by atoms with E-state index in [1.807, 2.05) is 23.6 Å². The fourth-order valence-corrected chi connectivity index (χ4v) is 3.97. The van der Waals surface area contributed by atoms with E-state index in [-0.39, 0.29) is 5.91 Å². The highest BCUT2D eigenvalue weighted by Crippen LogP contribution is 2.31. The maximum Gasteiger partial charge on any atom is 0.274 e. The molecule has 1 aliphatic heterocycles. The highest BCUT2D eigenvalue weighted by Gasteiger charge is 2.25. The number of aryl methyl sites for hydroxylation is 2. The Morgan fingerprint density at radius 1 is 1.17 bits per heavy atom. The summed E-state index contributed by atoms with van der Waals surface area (Å²) in [6, 6.07) is 8.61. The minimum Gasteiger partial charge on any atom is -0.337 e. The largest absolute Gasteiger partial charge is 0.337 e. The van der Waals surface area contributed by atoms with Crippen LogP contribution in [-0.2, 0) is 0 Å². The van der Waals surface area contributed by atoms with E-state index in [1.54, 1.807) is 12.4 Å². The van der Waals surface area contributed by atoms with Crippen LogP contribution < -0.4 is 0 Å². The normalized spacial score (nSPS) is 15.7. The Bertz CT molecular complexity index is 679. The van der Waals surface area contributed by atoms with Gasteiger partial charge in [-0.1, -0.05) is 17.7 Å². The molecule has 120 valence electrons. The predicted molar refractivity (Wildman–Crippen MR) is 92.7 cm³/mol. The van der Waals surface area contributed by atoms with Crippen molar-refractivity contribution in [3.8, 4) is 0 Å². The Labute approximate surface area is 141 Å². The van der Waals surface area contributed by atoms with Gasteiger partial charge in [0.25, 0.3) is 5.91 Å². The molecule has 0 bridgehead atoms. The summed E-state index contributed by atoms with van der Waals surface area (Å²) in [6.07, 6.45) is 5.26. The number of carbonyl (C=O) groups is 1. The average Bonchev–Trinajstić information content (AvgIpc) is 2.56. The standard InChI is InChI=1S/C18H21N3OS/c1-13-4-3-5-16(10-13)23-15-6-8-21(9-7-15)18(22)17-12-19-14(2)11-20-17/h3-5,10-12,15H,6-9H2,1-2H3. The van der Waals surface area contributed by atoms with Crippen LogP contribution in [0.25, 0.3) is 0 Å². The maximum atomic E-state index is 12.4. The van der Waals surface area contributed by atoms with E-state index in [9.17, 15) is 4.79 Å². The zero-order valence-electron chi connectivity index (χ0n) is 13.5. The predicted octanol–water partition coefficient (Wildman–Crippen LogP) is 3.49. The van der Waals surface area contributed by atoms with Crippen molar-refractivity contribution >= 4 is 17.7 Å². The molecule has 0 aliphatic carbocycles. The van der Waals surface area contributed by atoms with Crippen molar-refractivity contribution in [2.45, 2.75) is 36.8 Å². The summed E-state index contributed by atoms with van der Waals surface area (Å²) in [5, 5.41) is 0.574. The lowest BCUT2D eigenvalue weighted by atomic mass is 10.1. The molecule has 0 saturated carbocycles. The van der Waals surface area contributed by atoms with Crippen LogP contribution in [0.15, 0.2) is 41.6 Å². The Morgan fingerprint density at radius 3 is 2.61 bits per heavy atom. The monoisotopic (exact) mass is 327 g/mol. The van der Waals surface area contributed by atoms with E-state index in [4.69, 9.17) is 0 Å². The summed E-state index contributed by atoms with van der Waals surface area (Å²) in [5.74, 6) is -0.00324. The first-order valence-corrected chi connectivity index (χ1v) is 8.81. The number of amides is 1. The first kappa shape index (κ1) is 16.0. The van der Waals surface area contributed by atoms with Gasteiger partial charge in [0.1, 0.15) is 5.69 Å². The van der Waals surface area contributed by atoms with Gasteiger partial charge in [-0.3, -0.25) is 9.78 Å². The van der Waals surface area contributed by atoms with Crippen molar-refractivity contribution in [3.05, 3.63) is 53.6 Å². The summed E-state index contributed by atoms with van der Waals surface area (Å²) in [5.41, 5.74) is 2.57. The van der Waals surface area contributed by atoms with Crippen molar-refractivity contribution in [2.75, 3.05) is 13.1 Å². The molecule has 23 heavy (non-hydrogen) atoms. The van der Waals surface area contributed by atoms with Gasteiger partial charge in [0.2, 0.25) is 0 Å². The molecule has 1 aromatic carbocycles. The first-order valence-electron chi connectivity index (χ1n) is 7.93. The Morgan fingerprint density at radius 2 is 1.96 bits per heavy atom. The SMILES string of the molecule is Cc1cccc(SC2CCN(C(=O)c3cnc(C)cn3)CC2)c1. The summed E-state index contributed by atoms with van der Waals surface area (Å²) in [7, 11) is 0. The number of benzene rings is 1. The zero-order valence-corrected chi connectivity index (χ0v) is 14.3. The molecule has 1 aliphatic rings. The second kappa shape index (κ2) is 7.13. The number of nitrogens with zero attached hydrogens (tertiary/aromatic N) is 3. The molecule has 0 atom stereocenters. The maximum absolute atomic E-state index is 12.4. The zero-order chi connectivity index (χ0) is 16.2. The number of carbonyl (C=O) groups excluding carboxylic acids is 1. The van der Waals surface area contributed by atoms with Gasteiger partial charge >= 0.3 is 0 Å². The number of aromatic nitrogens is 2. The Hall–Kier alpha value is -1.88. The number of rotatable bonds is 3. The molecular formula is C18H21N3OS. The molecule has 0 N–H and O–H groups in total.